The number of carbonyl (C=O) groups is 1. The number of likely N-dealkylation sites (tertiary alicyclic amines) is 1. The van der Waals surface area contributed by atoms with E-state index >= 15 is 0 Å². The number of sulfonamides is 1. The van der Waals surface area contributed by atoms with Gasteiger partial charge >= 0.3 is 0 Å². The van der Waals surface area contributed by atoms with E-state index < -0.39 is 10.0 Å². The van der Waals surface area contributed by atoms with Crippen LogP contribution in [0.4, 0.5) is 5.69 Å². The van der Waals surface area contributed by atoms with Crippen LogP contribution in [0.25, 0.3) is 0 Å². The highest BCUT2D eigenvalue weighted by molar-refractivity contribution is 7.92. The van der Waals surface area contributed by atoms with Gasteiger partial charge in [0.25, 0.3) is 0 Å². The first-order chi connectivity index (χ1) is 12.9. The van der Waals surface area contributed by atoms with Crippen molar-refractivity contribution in [1.29, 1.82) is 0 Å². The molecular formula is C21H26N2O3S. The summed E-state index contributed by atoms with van der Waals surface area (Å²) >= 11 is 0. The lowest BCUT2D eigenvalue weighted by Crippen LogP contribution is -2.45. The maximum atomic E-state index is 12.7. The van der Waals surface area contributed by atoms with Gasteiger partial charge in [-0.3, -0.25) is 9.10 Å². The fourth-order valence-corrected chi connectivity index (χ4v) is 4.40. The molecule has 0 aromatic heterocycles. The van der Waals surface area contributed by atoms with E-state index in [9.17, 15) is 13.2 Å². The molecule has 0 aliphatic carbocycles. The summed E-state index contributed by atoms with van der Waals surface area (Å²) in [5.74, 6) is 0.430. The van der Waals surface area contributed by atoms with Gasteiger partial charge in [0.1, 0.15) is 6.54 Å². The largest absolute Gasteiger partial charge is 0.341 e. The first-order valence-corrected chi connectivity index (χ1v) is 11.1. The first-order valence-electron chi connectivity index (χ1n) is 9.28. The van der Waals surface area contributed by atoms with E-state index in [0.29, 0.717) is 24.7 Å². The fraction of sp³-hybridized carbons (Fsp3) is 0.381. The van der Waals surface area contributed by atoms with E-state index in [1.165, 1.54) is 9.87 Å². The number of carbonyl (C=O) groups excluding carboxylic acids is 1. The molecule has 2 aromatic carbocycles. The van der Waals surface area contributed by atoms with Gasteiger partial charge in [0.2, 0.25) is 15.9 Å². The molecule has 0 unspecified atom stereocenters. The number of anilines is 1. The van der Waals surface area contributed by atoms with Gasteiger partial charge in [0, 0.05) is 13.1 Å². The summed E-state index contributed by atoms with van der Waals surface area (Å²) in [6, 6.07) is 19.2. The molecule has 0 spiro atoms. The Labute approximate surface area is 161 Å². The minimum Gasteiger partial charge on any atom is -0.341 e. The molecule has 3 rings (SSSR count). The van der Waals surface area contributed by atoms with Crippen LogP contribution in [-0.2, 0) is 21.2 Å². The molecule has 1 amide bonds. The Morgan fingerprint density at radius 1 is 1.00 bits per heavy atom. The number of amides is 1. The lowest BCUT2D eigenvalue weighted by Gasteiger charge is -2.33. The Morgan fingerprint density at radius 3 is 2.11 bits per heavy atom. The number of piperidine rings is 1. The summed E-state index contributed by atoms with van der Waals surface area (Å²) in [4.78, 5) is 14.5. The van der Waals surface area contributed by atoms with Gasteiger partial charge in [-0.25, -0.2) is 8.42 Å². The molecular weight excluding hydrogens is 360 g/mol. The normalized spacial score (nSPS) is 15.5. The molecule has 1 heterocycles. The Balaban J connectivity index is 1.58. The lowest BCUT2D eigenvalue weighted by atomic mass is 9.90. The van der Waals surface area contributed by atoms with E-state index in [2.05, 4.69) is 24.3 Å². The molecule has 1 saturated heterocycles. The number of para-hydroxylation sites is 1. The first kappa shape index (κ1) is 19.4. The second-order valence-corrected chi connectivity index (χ2v) is 9.03. The second kappa shape index (κ2) is 8.57. The average molecular weight is 387 g/mol. The van der Waals surface area contributed by atoms with Crippen molar-refractivity contribution in [2.75, 3.05) is 30.2 Å². The van der Waals surface area contributed by atoms with Gasteiger partial charge in [-0.15, -0.1) is 0 Å². The van der Waals surface area contributed by atoms with Crippen LogP contribution in [0.5, 0.6) is 0 Å². The molecule has 1 aliphatic rings. The van der Waals surface area contributed by atoms with Crippen molar-refractivity contribution in [3.05, 3.63) is 66.2 Å². The average Bonchev–Trinajstić information content (AvgIpc) is 2.67. The molecule has 2 aromatic rings. The third-order valence-corrected chi connectivity index (χ3v) is 6.20. The zero-order valence-corrected chi connectivity index (χ0v) is 16.4. The fourth-order valence-electron chi connectivity index (χ4n) is 3.55. The van der Waals surface area contributed by atoms with Crippen molar-refractivity contribution in [2.45, 2.75) is 19.3 Å². The van der Waals surface area contributed by atoms with Gasteiger partial charge < -0.3 is 4.90 Å². The standard InChI is InChI=1S/C21H26N2O3S/c1-27(25,26)23(20-10-6-3-7-11-20)17-21(24)22-14-12-19(13-15-22)16-18-8-4-2-5-9-18/h2-11,19H,12-17H2,1H3. The molecule has 6 heteroatoms. The van der Waals surface area contributed by atoms with Gasteiger partial charge in [-0.2, -0.15) is 0 Å². The second-order valence-electron chi connectivity index (χ2n) is 7.12. The zero-order valence-electron chi connectivity index (χ0n) is 15.6. The molecule has 5 nitrogen and oxygen atoms in total. The summed E-state index contributed by atoms with van der Waals surface area (Å²) < 4.78 is 25.5. The smallest absolute Gasteiger partial charge is 0.243 e. The van der Waals surface area contributed by atoms with E-state index in [-0.39, 0.29) is 12.5 Å². The molecule has 144 valence electrons. The van der Waals surface area contributed by atoms with Crippen molar-refractivity contribution in [2.24, 2.45) is 5.92 Å². The summed E-state index contributed by atoms with van der Waals surface area (Å²) in [7, 11) is -3.52. The van der Waals surface area contributed by atoms with Crippen molar-refractivity contribution < 1.29 is 13.2 Å². The van der Waals surface area contributed by atoms with E-state index in [1.54, 1.807) is 29.2 Å². The highest BCUT2D eigenvalue weighted by Crippen LogP contribution is 2.23. The number of nitrogens with zero attached hydrogens (tertiary/aromatic N) is 2. The molecule has 0 saturated carbocycles. The molecule has 0 N–H and O–H groups in total. The minimum atomic E-state index is -3.52. The Bertz CT molecular complexity index is 846. The van der Waals surface area contributed by atoms with Crippen LogP contribution in [0, 0.1) is 5.92 Å². The predicted molar refractivity (Wildman–Crippen MR) is 108 cm³/mol. The molecule has 1 aliphatic heterocycles. The van der Waals surface area contributed by atoms with Gasteiger partial charge in [-0.05, 0) is 42.9 Å². The van der Waals surface area contributed by atoms with Crippen molar-refractivity contribution in [3.63, 3.8) is 0 Å². The maximum Gasteiger partial charge on any atom is 0.243 e. The number of benzene rings is 2. The highest BCUT2D eigenvalue weighted by Gasteiger charge is 2.27. The van der Waals surface area contributed by atoms with Crippen molar-refractivity contribution >= 4 is 21.6 Å². The quantitative estimate of drug-likeness (QED) is 0.767. The summed E-state index contributed by atoms with van der Waals surface area (Å²) in [6.07, 6.45) is 4.07. The maximum absolute atomic E-state index is 12.7. The van der Waals surface area contributed by atoms with Crippen LogP contribution in [0.3, 0.4) is 0 Å². The number of rotatable bonds is 6. The SMILES string of the molecule is CS(=O)(=O)N(CC(=O)N1CCC(Cc2ccccc2)CC1)c1ccccc1. The topological polar surface area (TPSA) is 57.7 Å². The Kier molecular flexibility index (Phi) is 6.16. The third kappa shape index (κ3) is 5.32. The molecule has 0 atom stereocenters. The lowest BCUT2D eigenvalue weighted by molar-refractivity contribution is -0.130. The molecule has 27 heavy (non-hydrogen) atoms. The van der Waals surface area contributed by atoms with E-state index in [1.807, 2.05) is 12.1 Å². The van der Waals surface area contributed by atoms with Crippen LogP contribution in [-0.4, -0.2) is 45.1 Å². The molecule has 0 radical (unpaired) electrons. The summed E-state index contributed by atoms with van der Waals surface area (Å²) in [5, 5.41) is 0. The number of hydrogen-bond donors (Lipinski definition) is 0. The van der Waals surface area contributed by atoms with Crippen molar-refractivity contribution in [1.82, 2.24) is 4.90 Å². The summed E-state index contributed by atoms with van der Waals surface area (Å²) in [6.45, 7) is 1.22. The zero-order chi connectivity index (χ0) is 19.3. The third-order valence-electron chi connectivity index (χ3n) is 5.06. The van der Waals surface area contributed by atoms with Crippen LogP contribution in [0.1, 0.15) is 18.4 Å². The van der Waals surface area contributed by atoms with E-state index in [0.717, 1.165) is 25.5 Å². The van der Waals surface area contributed by atoms with Crippen LogP contribution < -0.4 is 4.31 Å². The van der Waals surface area contributed by atoms with Gasteiger partial charge in [-0.1, -0.05) is 48.5 Å². The van der Waals surface area contributed by atoms with Crippen molar-refractivity contribution in [3.8, 4) is 0 Å². The molecule has 0 bridgehead atoms. The molecule has 1 fully saturated rings. The van der Waals surface area contributed by atoms with Crippen LogP contribution in [0.2, 0.25) is 0 Å². The Hall–Kier alpha value is -2.34. The monoisotopic (exact) mass is 386 g/mol. The van der Waals surface area contributed by atoms with Crippen LogP contribution in [0.15, 0.2) is 60.7 Å². The highest BCUT2D eigenvalue weighted by atomic mass is 32.2. The number of hydrogen-bond acceptors (Lipinski definition) is 3. The predicted octanol–water partition coefficient (Wildman–Crippen LogP) is 2.93. The van der Waals surface area contributed by atoms with E-state index in [4.69, 9.17) is 0 Å². The van der Waals surface area contributed by atoms with Gasteiger partial charge in [0.05, 0.1) is 11.9 Å². The summed E-state index contributed by atoms with van der Waals surface area (Å²) in [5.41, 5.74) is 1.85. The van der Waals surface area contributed by atoms with Crippen LogP contribution >= 0.6 is 0 Å². The Morgan fingerprint density at radius 2 is 1.56 bits per heavy atom. The minimum absolute atomic E-state index is 0.137. The van der Waals surface area contributed by atoms with Gasteiger partial charge in [0.15, 0.2) is 0 Å².